The van der Waals surface area contributed by atoms with Crippen molar-refractivity contribution in [3.8, 4) is 6.07 Å². The lowest BCUT2D eigenvalue weighted by molar-refractivity contribution is -0.137. The molecule has 1 heterocycles. The first-order valence-corrected chi connectivity index (χ1v) is 5.91. The van der Waals surface area contributed by atoms with Crippen molar-refractivity contribution in [2.45, 2.75) is 19.0 Å². The summed E-state index contributed by atoms with van der Waals surface area (Å²) in [6.45, 7) is 1.90. The Morgan fingerprint density at radius 3 is 2.35 bits per heavy atom. The molecule has 2 rings (SSSR count). The minimum atomic E-state index is -4.44. The zero-order chi connectivity index (χ0) is 14.8. The number of hydrogen-bond acceptors (Lipinski definition) is 2. The van der Waals surface area contributed by atoms with Crippen LogP contribution in [0.15, 0.2) is 42.6 Å². The molecular weight excluding hydrogens is 265 g/mol. The third-order valence-corrected chi connectivity index (χ3v) is 2.94. The summed E-state index contributed by atoms with van der Waals surface area (Å²) >= 11 is 0. The summed E-state index contributed by atoms with van der Waals surface area (Å²) in [5.41, 5.74) is 0.952. The number of hydrogen-bond donors (Lipinski definition) is 0. The number of nitriles is 1. The highest BCUT2D eigenvalue weighted by atomic mass is 19.4. The van der Waals surface area contributed by atoms with Crippen molar-refractivity contribution in [3.05, 3.63) is 65.0 Å². The number of aryl methyl sites for hydroxylation is 1. The van der Waals surface area contributed by atoms with Gasteiger partial charge in [0.15, 0.2) is 0 Å². The van der Waals surface area contributed by atoms with Crippen LogP contribution in [-0.4, -0.2) is 4.98 Å². The molecule has 0 aliphatic carbocycles. The van der Waals surface area contributed by atoms with E-state index in [4.69, 9.17) is 0 Å². The Labute approximate surface area is 114 Å². The molecule has 1 unspecified atom stereocenters. The Kier molecular flexibility index (Phi) is 3.75. The Balaban J connectivity index is 2.43. The van der Waals surface area contributed by atoms with Crippen LogP contribution >= 0.6 is 0 Å². The van der Waals surface area contributed by atoms with Gasteiger partial charge < -0.3 is 0 Å². The molecule has 0 bridgehead atoms. The molecule has 0 saturated carbocycles. The van der Waals surface area contributed by atoms with Gasteiger partial charge in [0, 0.05) is 6.20 Å². The van der Waals surface area contributed by atoms with E-state index in [9.17, 15) is 18.4 Å². The molecule has 5 heteroatoms. The van der Waals surface area contributed by atoms with Crippen LogP contribution in [0, 0.1) is 18.3 Å². The van der Waals surface area contributed by atoms with Gasteiger partial charge in [-0.05, 0) is 24.6 Å². The second kappa shape index (κ2) is 5.33. The minimum absolute atomic E-state index is 0.103. The predicted molar refractivity (Wildman–Crippen MR) is 67.9 cm³/mol. The number of alkyl halides is 3. The summed E-state index contributed by atoms with van der Waals surface area (Å²) in [6.07, 6.45) is -3.36. The Hall–Kier alpha value is -2.35. The van der Waals surface area contributed by atoms with Gasteiger partial charge >= 0.3 is 6.18 Å². The zero-order valence-electron chi connectivity index (χ0n) is 10.6. The normalized spacial score (nSPS) is 12.8. The predicted octanol–water partition coefficient (Wildman–Crippen LogP) is 4.06. The SMILES string of the molecule is Cc1ccc(C(C#N)c2cc(C(F)(F)F)ccn2)cc1. The van der Waals surface area contributed by atoms with Gasteiger partial charge in [-0.1, -0.05) is 29.8 Å². The van der Waals surface area contributed by atoms with Gasteiger partial charge in [0.1, 0.15) is 5.92 Å². The summed E-state index contributed by atoms with van der Waals surface area (Å²) in [7, 11) is 0. The highest BCUT2D eigenvalue weighted by molar-refractivity contribution is 5.37. The maximum Gasteiger partial charge on any atom is 0.416 e. The first-order chi connectivity index (χ1) is 9.41. The fourth-order valence-electron chi connectivity index (χ4n) is 1.85. The quantitative estimate of drug-likeness (QED) is 0.829. The lowest BCUT2D eigenvalue weighted by atomic mass is 9.95. The Morgan fingerprint density at radius 1 is 1.15 bits per heavy atom. The van der Waals surface area contributed by atoms with E-state index in [0.29, 0.717) is 5.56 Å². The molecule has 0 saturated heterocycles. The van der Waals surface area contributed by atoms with E-state index < -0.39 is 17.7 Å². The van der Waals surface area contributed by atoms with Crippen molar-refractivity contribution in [2.24, 2.45) is 0 Å². The molecule has 20 heavy (non-hydrogen) atoms. The average Bonchev–Trinajstić information content (AvgIpc) is 2.41. The number of rotatable bonds is 2. The lowest BCUT2D eigenvalue weighted by Crippen LogP contribution is -2.08. The van der Waals surface area contributed by atoms with Gasteiger partial charge in [-0.2, -0.15) is 18.4 Å². The van der Waals surface area contributed by atoms with E-state index in [1.807, 2.05) is 25.1 Å². The average molecular weight is 276 g/mol. The van der Waals surface area contributed by atoms with Crippen molar-refractivity contribution in [2.75, 3.05) is 0 Å². The van der Waals surface area contributed by atoms with Crippen LogP contribution in [-0.2, 0) is 6.18 Å². The van der Waals surface area contributed by atoms with Gasteiger partial charge in [-0.3, -0.25) is 4.98 Å². The van der Waals surface area contributed by atoms with Crippen LogP contribution in [0.1, 0.15) is 28.3 Å². The molecule has 1 aromatic carbocycles. The van der Waals surface area contributed by atoms with Crippen LogP contribution < -0.4 is 0 Å². The van der Waals surface area contributed by atoms with Crippen LogP contribution in [0.25, 0.3) is 0 Å². The number of benzene rings is 1. The van der Waals surface area contributed by atoms with E-state index in [-0.39, 0.29) is 5.69 Å². The minimum Gasteiger partial charge on any atom is -0.260 e. The molecule has 1 aromatic heterocycles. The molecule has 102 valence electrons. The van der Waals surface area contributed by atoms with Crippen molar-refractivity contribution in [3.63, 3.8) is 0 Å². The van der Waals surface area contributed by atoms with Crippen LogP contribution in [0.2, 0.25) is 0 Å². The first-order valence-electron chi connectivity index (χ1n) is 5.91. The largest absolute Gasteiger partial charge is 0.416 e. The fourth-order valence-corrected chi connectivity index (χ4v) is 1.85. The van der Waals surface area contributed by atoms with Crippen molar-refractivity contribution in [1.82, 2.24) is 4.98 Å². The van der Waals surface area contributed by atoms with Gasteiger partial charge in [0.05, 0.1) is 17.3 Å². The number of pyridine rings is 1. The highest BCUT2D eigenvalue weighted by Gasteiger charge is 2.31. The topological polar surface area (TPSA) is 36.7 Å². The summed E-state index contributed by atoms with van der Waals surface area (Å²) in [5.74, 6) is -0.807. The Morgan fingerprint density at radius 2 is 1.80 bits per heavy atom. The lowest BCUT2D eigenvalue weighted by Gasteiger charge is -2.12. The molecule has 0 fully saturated rings. The molecule has 2 nitrogen and oxygen atoms in total. The van der Waals surface area contributed by atoms with Crippen molar-refractivity contribution >= 4 is 0 Å². The van der Waals surface area contributed by atoms with E-state index in [1.54, 1.807) is 12.1 Å². The van der Waals surface area contributed by atoms with Crippen LogP contribution in [0.5, 0.6) is 0 Å². The van der Waals surface area contributed by atoms with E-state index in [0.717, 1.165) is 23.9 Å². The van der Waals surface area contributed by atoms with E-state index >= 15 is 0 Å². The second-order valence-electron chi connectivity index (χ2n) is 4.44. The van der Waals surface area contributed by atoms with Crippen LogP contribution in [0.3, 0.4) is 0 Å². The molecule has 0 radical (unpaired) electrons. The third-order valence-electron chi connectivity index (χ3n) is 2.94. The Bertz CT molecular complexity index is 639. The molecular formula is C15H11F3N2. The summed E-state index contributed by atoms with van der Waals surface area (Å²) < 4.78 is 38.0. The number of aromatic nitrogens is 1. The van der Waals surface area contributed by atoms with E-state index in [2.05, 4.69) is 4.98 Å². The van der Waals surface area contributed by atoms with Crippen molar-refractivity contribution < 1.29 is 13.2 Å². The molecule has 0 amide bonds. The monoisotopic (exact) mass is 276 g/mol. The van der Waals surface area contributed by atoms with Gasteiger partial charge in [0.25, 0.3) is 0 Å². The summed E-state index contributed by atoms with van der Waals surface area (Å²) in [6, 6.07) is 10.9. The van der Waals surface area contributed by atoms with E-state index in [1.165, 1.54) is 0 Å². The molecule has 0 spiro atoms. The fraction of sp³-hybridized carbons (Fsp3) is 0.200. The molecule has 2 aromatic rings. The van der Waals surface area contributed by atoms with Gasteiger partial charge in [-0.25, -0.2) is 0 Å². The zero-order valence-corrected chi connectivity index (χ0v) is 10.6. The number of halogens is 3. The molecule has 0 N–H and O–H groups in total. The molecule has 0 aliphatic rings. The molecule has 0 aliphatic heterocycles. The van der Waals surface area contributed by atoms with Crippen molar-refractivity contribution in [1.29, 1.82) is 5.26 Å². The first kappa shape index (κ1) is 14.1. The smallest absolute Gasteiger partial charge is 0.260 e. The summed E-state index contributed by atoms with van der Waals surface area (Å²) in [4.78, 5) is 3.90. The van der Waals surface area contributed by atoms with Gasteiger partial charge in [0.2, 0.25) is 0 Å². The van der Waals surface area contributed by atoms with Gasteiger partial charge in [-0.15, -0.1) is 0 Å². The maximum absolute atomic E-state index is 12.7. The second-order valence-corrected chi connectivity index (χ2v) is 4.44. The van der Waals surface area contributed by atoms with Crippen LogP contribution in [0.4, 0.5) is 13.2 Å². The summed E-state index contributed by atoms with van der Waals surface area (Å²) in [5, 5.41) is 9.22. The third kappa shape index (κ3) is 2.97. The molecule has 1 atom stereocenters. The standard InChI is InChI=1S/C15H11F3N2/c1-10-2-4-11(5-3-10)13(9-19)14-8-12(6-7-20-14)15(16,17)18/h2-8,13H,1H3. The number of nitrogens with zero attached hydrogens (tertiary/aromatic N) is 2. The maximum atomic E-state index is 12.7. The highest BCUT2D eigenvalue weighted by Crippen LogP contribution is 2.31.